The van der Waals surface area contributed by atoms with Gasteiger partial charge in [0.05, 0.1) is 43.8 Å². The molecule has 15 nitrogen and oxygen atoms in total. The molecule has 0 spiro atoms. The molecule has 3 aliphatic rings. The minimum Gasteiger partial charge on any atom is -0.460 e. The number of ether oxygens (including phenoxy) is 6. The van der Waals surface area contributed by atoms with E-state index in [0.29, 0.717) is 44.1 Å². The fraction of sp³-hybridized carbons (Fsp3) is 0.755. The molecular weight excluding hydrogens is 894 g/mol. The lowest BCUT2D eigenvalue weighted by Gasteiger charge is -2.38. The van der Waals surface area contributed by atoms with Crippen molar-refractivity contribution in [2.24, 2.45) is 29.6 Å². The molecule has 3 rings (SSSR count). The number of cyclic esters (lactones) is 1. The smallest absolute Gasteiger partial charge is 0.329 e. The number of allylic oxidation sites excluding steroid dienone is 6. The molecule has 2 unspecified atom stereocenters. The van der Waals surface area contributed by atoms with E-state index in [1.165, 1.54) is 21.1 Å². The van der Waals surface area contributed by atoms with E-state index in [9.17, 15) is 43.7 Å². The SMILES string of the molecule is COC1C(=O)C(C)C[C@H](C)/C=C/C=C/C=C(\C)[C@@H](OC)C[C@H](CC[C@@H](C)F)O[C@@H](O)C(=O)C(=O)N2CCCC[C@H]2C(=O)O[C@H]([C@H](C)C[C@@H]2CC[C@@H](OCCO)[C@H](OC)C2)CC(=O)[C@H](C)/C=C(\C)[C@H]1O. The van der Waals surface area contributed by atoms with Gasteiger partial charge in [0.25, 0.3) is 11.7 Å². The second-order valence-corrected chi connectivity index (χ2v) is 19.7. The first kappa shape index (κ1) is 59.8. The third kappa shape index (κ3) is 18.9. The Kier molecular flexibility index (Phi) is 26.4. The summed E-state index contributed by atoms with van der Waals surface area (Å²) in [6.07, 6.45) is 6.55. The highest BCUT2D eigenvalue weighted by atomic mass is 19.1. The molecule has 2 fully saturated rings. The highest BCUT2D eigenvalue weighted by Gasteiger charge is 2.42. The van der Waals surface area contributed by atoms with Gasteiger partial charge in [0.2, 0.25) is 6.29 Å². The molecule has 69 heavy (non-hydrogen) atoms. The number of hydrogen-bond donors (Lipinski definition) is 3. The zero-order valence-electron chi connectivity index (χ0n) is 42.9. The molecule has 3 N–H and O–H groups in total. The number of alkyl halides is 1. The van der Waals surface area contributed by atoms with Crippen LogP contribution in [0.4, 0.5) is 4.39 Å². The molecule has 2 heterocycles. The normalized spacial score (nSPS) is 36.3. The van der Waals surface area contributed by atoms with Crippen LogP contribution in [0.15, 0.2) is 47.6 Å². The van der Waals surface area contributed by atoms with Crippen LogP contribution in [0, 0.1) is 29.6 Å². The van der Waals surface area contributed by atoms with Crippen molar-refractivity contribution in [1.82, 2.24) is 4.90 Å². The number of Topliss-reactive ketones (excluding diaryl/α,β-unsaturated/α-hetero) is 3. The van der Waals surface area contributed by atoms with E-state index in [1.54, 1.807) is 34.0 Å². The molecule has 1 amide bonds. The Bertz CT molecular complexity index is 1760. The van der Waals surface area contributed by atoms with Crippen molar-refractivity contribution in [3.05, 3.63) is 47.6 Å². The summed E-state index contributed by atoms with van der Waals surface area (Å²) < 4.78 is 49.2. The number of carbonyl (C=O) groups excluding carboxylic acids is 5. The van der Waals surface area contributed by atoms with Crippen LogP contribution in [-0.4, -0.2) is 152 Å². The second kappa shape index (κ2) is 30.4. The van der Waals surface area contributed by atoms with Crippen LogP contribution in [0.5, 0.6) is 0 Å². The third-order valence-electron chi connectivity index (χ3n) is 14.1. The zero-order valence-corrected chi connectivity index (χ0v) is 42.9. The summed E-state index contributed by atoms with van der Waals surface area (Å²) in [6, 6.07) is -1.19. The summed E-state index contributed by atoms with van der Waals surface area (Å²) in [7, 11) is 4.48. The summed E-state index contributed by atoms with van der Waals surface area (Å²) in [5.74, 6) is -5.28. The zero-order chi connectivity index (χ0) is 51.4. The Morgan fingerprint density at radius 2 is 1.59 bits per heavy atom. The minimum atomic E-state index is -2.21. The summed E-state index contributed by atoms with van der Waals surface area (Å²) >= 11 is 0. The van der Waals surface area contributed by atoms with Crippen LogP contribution in [0.3, 0.4) is 0 Å². The van der Waals surface area contributed by atoms with E-state index in [4.69, 9.17) is 28.4 Å². The summed E-state index contributed by atoms with van der Waals surface area (Å²) in [6.45, 7) is 12.3. The first-order valence-corrected chi connectivity index (χ1v) is 25.0. The molecule has 0 aromatic carbocycles. The number of aliphatic hydroxyl groups excluding tert-OH is 3. The van der Waals surface area contributed by atoms with Crippen molar-refractivity contribution in [1.29, 1.82) is 0 Å². The molecule has 1 saturated heterocycles. The summed E-state index contributed by atoms with van der Waals surface area (Å²) in [5.41, 5.74) is 1.15. The lowest BCUT2D eigenvalue weighted by molar-refractivity contribution is -0.181. The fourth-order valence-corrected chi connectivity index (χ4v) is 9.85. The number of fused-ring (bicyclic) bond motifs is 1. The van der Waals surface area contributed by atoms with Gasteiger partial charge in [0.1, 0.15) is 30.1 Å². The topological polar surface area (TPSA) is 205 Å². The van der Waals surface area contributed by atoms with Crippen molar-refractivity contribution in [3.63, 3.8) is 0 Å². The number of nitrogens with zero attached hydrogens (tertiary/aromatic N) is 1. The van der Waals surface area contributed by atoms with Crippen molar-refractivity contribution in [2.45, 2.75) is 187 Å². The molecule has 2 aliphatic heterocycles. The van der Waals surface area contributed by atoms with E-state index in [2.05, 4.69) is 0 Å². The molecule has 0 aromatic heterocycles. The Balaban J connectivity index is 2.04. The number of aliphatic hydroxyl groups is 3. The lowest BCUT2D eigenvalue weighted by Crippen LogP contribution is -2.54. The Morgan fingerprint density at radius 3 is 2.25 bits per heavy atom. The highest BCUT2D eigenvalue weighted by molar-refractivity contribution is 6.37. The van der Waals surface area contributed by atoms with Crippen LogP contribution in [0.2, 0.25) is 0 Å². The summed E-state index contributed by atoms with van der Waals surface area (Å²) in [4.78, 5) is 71.0. The maximum Gasteiger partial charge on any atom is 0.329 e. The minimum absolute atomic E-state index is 0.0188. The quantitative estimate of drug-likeness (QED) is 0.108. The van der Waals surface area contributed by atoms with Crippen molar-refractivity contribution in [2.75, 3.05) is 41.1 Å². The Hall–Kier alpha value is -3.48. The van der Waals surface area contributed by atoms with Gasteiger partial charge in [0, 0.05) is 52.6 Å². The van der Waals surface area contributed by atoms with Gasteiger partial charge in [-0.05, 0) is 114 Å². The molecule has 0 aromatic rings. The van der Waals surface area contributed by atoms with Gasteiger partial charge in [-0.1, -0.05) is 64.2 Å². The van der Waals surface area contributed by atoms with Gasteiger partial charge >= 0.3 is 5.97 Å². The van der Waals surface area contributed by atoms with Crippen LogP contribution in [0.25, 0.3) is 0 Å². The number of piperidine rings is 1. The van der Waals surface area contributed by atoms with E-state index < -0.39 is 78.5 Å². The number of halogens is 1. The average Bonchev–Trinajstić information content (AvgIpc) is 3.32. The van der Waals surface area contributed by atoms with E-state index in [-0.39, 0.29) is 93.4 Å². The first-order valence-electron chi connectivity index (χ1n) is 25.0. The monoisotopic (exact) mass is 978 g/mol. The van der Waals surface area contributed by atoms with Gasteiger partial charge < -0.3 is 48.6 Å². The molecule has 0 radical (unpaired) electrons. The van der Waals surface area contributed by atoms with Gasteiger partial charge in [0.15, 0.2) is 5.78 Å². The van der Waals surface area contributed by atoms with Crippen LogP contribution >= 0.6 is 0 Å². The Labute approximate surface area is 410 Å². The number of amides is 1. The predicted molar refractivity (Wildman–Crippen MR) is 258 cm³/mol. The largest absolute Gasteiger partial charge is 0.460 e. The van der Waals surface area contributed by atoms with Crippen LogP contribution < -0.4 is 0 Å². The molecule has 392 valence electrons. The van der Waals surface area contributed by atoms with Gasteiger partial charge in [-0.25, -0.2) is 9.18 Å². The lowest BCUT2D eigenvalue weighted by atomic mass is 9.78. The van der Waals surface area contributed by atoms with Crippen LogP contribution in [0.1, 0.15) is 126 Å². The van der Waals surface area contributed by atoms with Crippen molar-refractivity contribution >= 4 is 29.2 Å². The second-order valence-electron chi connectivity index (χ2n) is 19.7. The standard InChI is InChI=1S/C53H84FNO14/c1-32-16-12-11-13-17-33(2)44(64-8)30-40(21-19-38(7)54)68-53(63)49(60)51(61)55-23-15-14-18-41(55)52(62)69-45(35(4)28-39-20-22-43(67-25-24-56)46(29-39)65-9)31-42(57)34(3)27-37(6)48(59)50(66-10)47(58)36(5)26-32/h11-13,16-17,27,32,34-36,38-41,43-46,48,50,53,56,59,63H,14-15,18-26,28-31H2,1-10H3/b13-11+,16-12+,33-17+,37-27+/t32-,34-,35-,36?,38-,39+,40+,41+,43-,44+,45+,46-,48-,50?,53-/m1/s1. The van der Waals surface area contributed by atoms with Crippen LogP contribution in [-0.2, 0) is 52.4 Å². The highest BCUT2D eigenvalue weighted by Crippen LogP contribution is 2.35. The van der Waals surface area contributed by atoms with Gasteiger partial charge in [-0.15, -0.1) is 0 Å². The van der Waals surface area contributed by atoms with Crippen molar-refractivity contribution < 1.29 is 72.1 Å². The van der Waals surface area contributed by atoms with Gasteiger partial charge in [-0.3, -0.25) is 19.2 Å². The van der Waals surface area contributed by atoms with E-state index >= 15 is 0 Å². The number of hydrogen-bond acceptors (Lipinski definition) is 14. The van der Waals surface area contributed by atoms with Gasteiger partial charge in [-0.2, -0.15) is 0 Å². The number of carbonyl (C=O) groups is 5. The molecule has 1 aliphatic carbocycles. The molecule has 0 bridgehead atoms. The number of rotatable bonds is 12. The maximum atomic E-state index is 14.3. The number of esters is 1. The van der Waals surface area contributed by atoms with E-state index in [1.807, 2.05) is 51.2 Å². The molecular formula is C53H84FNO14. The fourth-order valence-electron chi connectivity index (χ4n) is 9.85. The molecule has 16 heteroatoms. The molecule has 15 atom stereocenters. The van der Waals surface area contributed by atoms with Crippen molar-refractivity contribution in [3.8, 4) is 0 Å². The number of ketones is 3. The molecule has 1 saturated carbocycles. The number of methoxy groups -OCH3 is 3. The predicted octanol–water partition coefficient (Wildman–Crippen LogP) is 6.54. The average molecular weight is 978 g/mol. The maximum absolute atomic E-state index is 14.3. The summed E-state index contributed by atoms with van der Waals surface area (Å²) in [5, 5.41) is 31.9. The first-order chi connectivity index (χ1) is 32.8. The Morgan fingerprint density at radius 1 is 0.870 bits per heavy atom. The third-order valence-corrected chi connectivity index (χ3v) is 14.1. The van der Waals surface area contributed by atoms with E-state index in [0.717, 1.165) is 16.9 Å².